The van der Waals surface area contributed by atoms with Crippen LogP contribution in [0.5, 0.6) is 5.75 Å². The van der Waals surface area contributed by atoms with Crippen molar-refractivity contribution >= 4 is 11.9 Å². The van der Waals surface area contributed by atoms with E-state index >= 15 is 0 Å². The summed E-state index contributed by atoms with van der Waals surface area (Å²) in [6.45, 7) is 2.00. The molecular formula is C8H11NOS. The van der Waals surface area contributed by atoms with Crippen molar-refractivity contribution in [3.8, 4) is 5.75 Å². The van der Waals surface area contributed by atoms with E-state index in [1.807, 2.05) is 25.1 Å². The van der Waals surface area contributed by atoms with Gasteiger partial charge in [0.25, 0.3) is 0 Å². The van der Waals surface area contributed by atoms with Gasteiger partial charge >= 0.3 is 0 Å². The van der Waals surface area contributed by atoms with Crippen molar-refractivity contribution in [1.29, 1.82) is 0 Å². The maximum Gasteiger partial charge on any atom is 0.122 e. The quantitative estimate of drug-likeness (QED) is 0.687. The summed E-state index contributed by atoms with van der Waals surface area (Å²) in [7, 11) is 1.66. The van der Waals surface area contributed by atoms with Crippen molar-refractivity contribution in [1.82, 2.24) is 0 Å². The van der Waals surface area contributed by atoms with Crippen molar-refractivity contribution in [2.45, 2.75) is 11.8 Å². The molecule has 0 saturated heterocycles. The molecule has 0 aliphatic carbocycles. The van der Waals surface area contributed by atoms with Gasteiger partial charge in [-0.3, -0.25) is 5.14 Å². The Morgan fingerprint density at radius 2 is 2.18 bits per heavy atom. The fourth-order valence-electron chi connectivity index (χ4n) is 0.874. The Kier molecular flexibility index (Phi) is 2.79. The highest BCUT2D eigenvalue weighted by molar-refractivity contribution is 7.97. The second-order valence-corrected chi connectivity index (χ2v) is 2.96. The summed E-state index contributed by atoms with van der Waals surface area (Å²) in [6, 6.07) is 5.90. The average Bonchev–Trinajstić information content (AvgIpc) is 2.05. The molecule has 1 aromatic rings. The predicted molar refractivity (Wildman–Crippen MR) is 47.8 cm³/mol. The summed E-state index contributed by atoms with van der Waals surface area (Å²) in [5.74, 6) is 0.889. The Labute approximate surface area is 70.9 Å². The van der Waals surface area contributed by atoms with Crippen LogP contribution in [-0.2, 0) is 0 Å². The van der Waals surface area contributed by atoms with Crippen molar-refractivity contribution in [2.24, 2.45) is 5.14 Å². The van der Waals surface area contributed by atoms with Crippen LogP contribution in [0.15, 0.2) is 23.1 Å². The Hall–Kier alpha value is -0.670. The highest BCUT2D eigenvalue weighted by Crippen LogP contribution is 2.22. The molecule has 0 amide bonds. The molecule has 11 heavy (non-hydrogen) atoms. The van der Waals surface area contributed by atoms with E-state index in [1.165, 1.54) is 11.9 Å². The van der Waals surface area contributed by atoms with Crippen LogP contribution in [0.25, 0.3) is 0 Å². The first kappa shape index (κ1) is 8.43. The summed E-state index contributed by atoms with van der Waals surface area (Å²) in [4.78, 5) is 1.02. The van der Waals surface area contributed by atoms with Gasteiger partial charge in [-0.15, -0.1) is 0 Å². The minimum absolute atomic E-state index is 0.889. The molecule has 2 nitrogen and oxygen atoms in total. The topological polar surface area (TPSA) is 35.2 Å². The van der Waals surface area contributed by atoms with Gasteiger partial charge in [-0.1, -0.05) is 6.07 Å². The molecule has 0 aliphatic heterocycles. The van der Waals surface area contributed by atoms with Crippen LogP contribution in [0.1, 0.15) is 5.56 Å². The SMILES string of the molecule is COc1cc(SN)ccc1C. The minimum atomic E-state index is 0.889. The van der Waals surface area contributed by atoms with Gasteiger partial charge in [0, 0.05) is 4.90 Å². The number of ether oxygens (including phenoxy) is 1. The summed E-state index contributed by atoms with van der Waals surface area (Å²) >= 11 is 1.23. The summed E-state index contributed by atoms with van der Waals surface area (Å²) in [5, 5.41) is 5.38. The summed E-state index contributed by atoms with van der Waals surface area (Å²) in [5.41, 5.74) is 1.13. The fraction of sp³-hybridized carbons (Fsp3) is 0.250. The molecular weight excluding hydrogens is 158 g/mol. The van der Waals surface area contributed by atoms with Crippen LogP contribution in [0.4, 0.5) is 0 Å². The van der Waals surface area contributed by atoms with Gasteiger partial charge in [0.05, 0.1) is 7.11 Å². The van der Waals surface area contributed by atoms with E-state index < -0.39 is 0 Å². The van der Waals surface area contributed by atoms with Crippen LogP contribution in [0.2, 0.25) is 0 Å². The highest BCUT2D eigenvalue weighted by atomic mass is 32.2. The average molecular weight is 169 g/mol. The van der Waals surface area contributed by atoms with Crippen LogP contribution in [0.3, 0.4) is 0 Å². The van der Waals surface area contributed by atoms with E-state index in [-0.39, 0.29) is 0 Å². The highest BCUT2D eigenvalue weighted by Gasteiger charge is 1.98. The van der Waals surface area contributed by atoms with Crippen molar-refractivity contribution < 1.29 is 4.74 Å². The van der Waals surface area contributed by atoms with Gasteiger partial charge in [0.1, 0.15) is 5.75 Å². The number of benzene rings is 1. The van der Waals surface area contributed by atoms with E-state index in [1.54, 1.807) is 7.11 Å². The number of rotatable bonds is 2. The lowest BCUT2D eigenvalue weighted by Gasteiger charge is -2.04. The van der Waals surface area contributed by atoms with Crippen molar-refractivity contribution in [3.63, 3.8) is 0 Å². The van der Waals surface area contributed by atoms with Crippen LogP contribution < -0.4 is 9.88 Å². The lowest BCUT2D eigenvalue weighted by atomic mass is 10.2. The molecule has 60 valence electrons. The zero-order valence-corrected chi connectivity index (χ0v) is 7.44. The molecule has 0 atom stereocenters. The molecule has 1 rings (SSSR count). The third-order valence-electron chi connectivity index (χ3n) is 1.52. The van der Waals surface area contributed by atoms with E-state index in [0.29, 0.717) is 0 Å². The normalized spacial score (nSPS) is 9.73. The lowest BCUT2D eigenvalue weighted by molar-refractivity contribution is 0.410. The van der Waals surface area contributed by atoms with Crippen LogP contribution in [0, 0.1) is 6.92 Å². The molecule has 0 radical (unpaired) electrons. The molecule has 2 N–H and O–H groups in total. The molecule has 0 unspecified atom stereocenters. The molecule has 1 aromatic carbocycles. The Morgan fingerprint density at radius 1 is 1.45 bits per heavy atom. The first-order valence-electron chi connectivity index (χ1n) is 3.29. The molecule has 0 fully saturated rings. The monoisotopic (exact) mass is 169 g/mol. The molecule has 0 saturated carbocycles. The second kappa shape index (κ2) is 3.64. The van der Waals surface area contributed by atoms with Crippen LogP contribution >= 0.6 is 11.9 Å². The van der Waals surface area contributed by atoms with Crippen molar-refractivity contribution in [3.05, 3.63) is 23.8 Å². The maximum atomic E-state index is 5.38. The van der Waals surface area contributed by atoms with E-state index in [0.717, 1.165) is 16.2 Å². The Morgan fingerprint density at radius 3 is 2.73 bits per heavy atom. The first-order chi connectivity index (χ1) is 5.27. The predicted octanol–water partition coefficient (Wildman–Crippen LogP) is 1.97. The van der Waals surface area contributed by atoms with Gasteiger partial charge in [-0.25, -0.2) is 0 Å². The van der Waals surface area contributed by atoms with E-state index in [9.17, 15) is 0 Å². The zero-order chi connectivity index (χ0) is 8.27. The molecule has 0 aromatic heterocycles. The van der Waals surface area contributed by atoms with Gasteiger partial charge in [0.15, 0.2) is 0 Å². The number of nitrogens with two attached hydrogens (primary N) is 1. The molecule has 0 aliphatic rings. The van der Waals surface area contributed by atoms with Crippen molar-refractivity contribution in [2.75, 3.05) is 7.11 Å². The Bertz CT molecular complexity index is 250. The largest absolute Gasteiger partial charge is 0.496 e. The fourth-order valence-corrected chi connectivity index (χ4v) is 1.20. The van der Waals surface area contributed by atoms with Crippen LogP contribution in [-0.4, -0.2) is 7.11 Å². The first-order valence-corrected chi connectivity index (χ1v) is 4.17. The molecule has 0 heterocycles. The second-order valence-electron chi connectivity index (χ2n) is 2.25. The van der Waals surface area contributed by atoms with Gasteiger partial charge in [-0.2, -0.15) is 0 Å². The number of methoxy groups -OCH3 is 1. The van der Waals surface area contributed by atoms with E-state index in [2.05, 4.69) is 0 Å². The maximum absolute atomic E-state index is 5.38. The van der Waals surface area contributed by atoms with Gasteiger partial charge in [0.2, 0.25) is 0 Å². The standard InChI is InChI=1S/C8H11NOS/c1-6-3-4-7(11-9)5-8(6)10-2/h3-5H,9H2,1-2H3. The molecule has 0 bridgehead atoms. The smallest absolute Gasteiger partial charge is 0.122 e. The summed E-state index contributed by atoms with van der Waals surface area (Å²) < 4.78 is 5.12. The number of hydrogen-bond donors (Lipinski definition) is 1. The summed E-state index contributed by atoms with van der Waals surface area (Å²) in [6.07, 6.45) is 0. The Balaban J connectivity index is 3.02. The third kappa shape index (κ3) is 1.88. The molecule has 0 spiro atoms. The third-order valence-corrected chi connectivity index (χ3v) is 2.04. The number of aryl methyl sites for hydroxylation is 1. The minimum Gasteiger partial charge on any atom is -0.496 e. The van der Waals surface area contributed by atoms with E-state index in [4.69, 9.17) is 9.88 Å². The lowest BCUT2D eigenvalue weighted by Crippen LogP contribution is -1.88. The zero-order valence-electron chi connectivity index (χ0n) is 6.63. The number of hydrogen-bond acceptors (Lipinski definition) is 3. The van der Waals surface area contributed by atoms with Gasteiger partial charge < -0.3 is 4.74 Å². The molecule has 3 heteroatoms. The van der Waals surface area contributed by atoms with Gasteiger partial charge in [-0.05, 0) is 36.6 Å².